The zero-order valence-corrected chi connectivity index (χ0v) is 7.95. The molecule has 94 valence electrons. The van der Waals surface area contributed by atoms with E-state index in [2.05, 4.69) is 4.74 Å². The standard InChI is InChI=1S/C7H10F3NO5/c8-7(9,10)3-16-6(15)11-4(1-2-12)5(13)14/h4,12H,1-3H2,(H,11,15)(H,13,14)/t4-/m1/s1. The number of aliphatic hydroxyl groups is 1. The van der Waals surface area contributed by atoms with Crippen LogP contribution in [0.3, 0.4) is 0 Å². The largest absolute Gasteiger partial charge is 0.480 e. The molecule has 16 heavy (non-hydrogen) atoms. The minimum atomic E-state index is -4.67. The first-order valence-electron chi connectivity index (χ1n) is 4.10. The summed E-state index contributed by atoms with van der Waals surface area (Å²) >= 11 is 0. The van der Waals surface area contributed by atoms with Crippen LogP contribution in [0.2, 0.25) is 0 Å². The molecular weight excluding hydrogens is 235 g/mol. The molecule has 0 spiro atoms. The van der Waals surface area contributed by atoms with E-state index in [9.17, 15) is 22.8 Å². The highest BCUT2D eigenvalue weighted by Crippen LogP contribution is 2.14. The van der Waals surface area contributed by atoms with Crippen LogP contribution in [0.15, 0.2) is 0 Å². The third-order valence-corrected chi connectivity index (χ3v) is 1.37. The van der Waals surface area contributed by atoms with E-state index < -0.39 is 37.5 Å². The van der Waals surface area contributed by atoms with E-state index in [0.29, 0.717) is 0 Å². The molecule has 3 N–H and O–H groups in total. The zero-order chi connectivity index (χ0) is 12.8. The number of carboxylic acids is 1. The van der Waals surface area contributed by atoms with Crippen molar-refractivity contribution >= 4 is 12.1 Å². The lowest BCUT2D eigenvalue weighted by molar-refractivity contribution is -0.160. The van der Waals surface area contributed by atoms with Gasteiger partial charge in [-0.1, -0.05) is 0 Å². The minimum absolute atomic E-state index is 0.323. The molecule has 0 saturated heterocycles. The van der Waals surface area contributed by atoms with Crippen LogP contribution >= 0.6 is 0 Å². The van der Waals surface area contributed by atoms with Gasteiger partial charge >= 0.3 is 18.2 Å². The van der Waals surface area contributed by atoms with Crippen LogP contribution in [0.4, 0.5) is 18.0 Å². The summed E-state index contributed by atoms with van der Waals surface area (Å²) in [6.07, 6.45) is -6.50. The van der Waals surface area contributed by atoms with Crippen molar-refractivity contribution in [2.75, 3.05) is 13.2 Å². The fourth-order valence-electron chi connectivity index (χ4n) is 0.718. The predicted molar refractivity (Wildman–Crippen MR) is 43.7 cm³/mol. The first-order valence-corrected chi connectivity index (χ1v) is 4.10. The molecule has 0 heterocycles. The molecule has 0 bridgehead atoms. The number of hydrogen-bond donors (Lipinski definition) is 3. The van der Waals surface area contributed by atoms with Crippen molar-refractivity contribution in [1.82, 2.24) is 5.32 Å². The van der Waals surface area contributed by atoms with Gasteiger partial charge in [0.05, 0.1) is 0 Å². The summed E-state index contributed by atoms with van der Waals surface area (Å²) < 4.78 is 38.5. The van der Waals surface area contributed by atoms with Crippen LogP contribution in [0.1, 0.15) is 6.42 Å². The molecule has 0 radical (unpaired) electrons. The Balaban J connectivity index is 4.05. The Morgan fingerprint density at radius 1 is 1.38 bits per heavy atom. The summed E-state index contributed by atoms with van der Waals surface area (Å²) in [7, 11) is 0. The average Bonchev–Trinajstić information content (AvgIpc) is 2.13. The molecule has 1 atom stereocenters. The number of aliphatic carboxylic acids is 1. The second-order valence-corrected chi connectivity index (χ2v) is 2.74. The summed E-state index contributed by atoms with van der Waals surface area (Å²) in [5.41, 5.74) is 0. The quantitative estimate of drug-likeness (QED) is 0.638. The normalized spacial score (nSPS) is 13.0. The van der Waals surface area contributed by atoms with Crippen LogP contribution in [-0.4, -0.2) is 47.7 Å². The smallest absolute Gasteiger partial charge is 0.422 e. The van der Waals surface area contributed by atoms with E-state index in [0.717, 1.165) is 0 Å². The fraction of sp³-hybridized carbons (Fsp3) is 0.714. The van der Waals surface area contributed by atoms with Crippen molar-refractivity contribution in [1.29, 1.82) is 0 Å². The Labute approximate surface area is 88.0 Å². The second-order valence-electron chi connectivity index (χ2n) is 2.74. The third-order valence-electron chi connectivity index (χ3n) is 1.37. The highest BCUT2D eigenvalue weighted by Gasteiger charge is 2.30. The second kappa shape index (κ2) is 6.16. The lowest BCUT2D eigenvalue weighted by atomic mass is 10.2. The number of hydrogen-bond acceptors (Lipinski definition) is 4. The lowest BCUT2D eigenvalue weighted by Gasteiger charge is -2.13. The van der Waals surface area contributed by atoms with Gasteiger partial charge in [0.1, 0.15) is 6.04 Å². The van der Waals surface area contributed by atoms with Crippen molar-refractivity contribution < 1.29 is 37.7 Å². The molecule has 1 amide bonds. The summed E-state index contributed by atoms with van der Waals surface area (Å²) in [4.78, 5) is 21.1. The van der Waals surface area contributed by atoms with E-state index in [-0.39, 0.29) is 6.42 Å². The third kappa shape index (κ3) is 6.87. The molecule has 0 fully saturated rings. The van der Waals surface area contributed by atoms with E-state index in [4.69, 9.17) is 10.2 Å². The molecule has 9 heteroatoms. The number of carbonyl (C=O) groups excluding carboxylic acids is 1. The van der Waals surface area contributed by atoms with Gasteiger partial charge in [0.15, 0.2) is 6.61 Å². The SMILES string of the molecule is O=C(N[C@H](CCO)C(=O)O)OCC(F)(F)F. The first-order chi connectivity index (χ1) is 7.26. The van der Waals surface area contributed by atoms with Crippen molar-refractivity contribution in [2.45, 2.75) is 18.6 Å². The van der Waals surface area contributed by atoms with Crippen molar-refractivity contribution in [3.8, 4) is 0 Å². The number of alkyl carbamates (subject to hydrolysis) is 1. The van der Waals surface area contributed by atoms with Crippen LogP contribution in [0, 0.1) is 0 Å². The van der Waals surface area contributed by atoms with Crippen molar-refractivity contribution in [2.24, 2.45) is 0 Å². The van der Waals surface area contributed by atoms with E-state index in [1.165, 1.54) is 0 Å². The van der Waals surface area contributed by atoms with Gasteiger partial charge in [0.25, 0.3) is 0 Å². The number of amides is 1. The van der Waals surface area contributed by atoms with Gasteiger partial charge in [-0.05, 0) is 0 Å². The van der Waals surface area contributed by atoms with Crippen LogP contribution in [-0.2, 0) is 9.53 Å². The molecule has 0 aliphatic carbocycles. The summed E-state index contributed by atoms with van der Waals surface area (Å²) in [5.74, 6) is -1.47. The monoisotopic (exact) mass is 245 g/mol. The Hall–Kier alpha value is -1.51. The number of carbonyl (C=O) groups is 2. The van der Waals surface area contributed by atoms with E-state index in [1.54, 1.807) is 5.32 Å². The van der Waals surface area contributed by atoms with Crippen LogP contribution < -0.4 is 5.32 Å². The Kier molecular flexibility index (Phi) is 5.57. The van der Waals surface area contributed by atoms with Crippen molar-refractivity contribution in [3.05, 3.63) is 0 Å². The van der Waals surface area contributed by atoms with Gasteiger partial charge in [0.2, 0.25) is 0 Å². The van der Waals surface area contributed by atoms with E-state index in [1.807, 2.05) is 0 Å². The van der Waals surface area contributed by atoms with Gasteiger partial charge in [-0.25, -0.2) is 9.59 Å². The zero-order valence-electron chi connectivity index (χ0n) is 7.95. The molecule has 0 unspecified atom stereocenters. The molecule has 0 aromatic heterocycles. The van der Waals surface area contributed by atoms with Crippen LogP contribution in [0.5, 0.6) is 0 Å². The highest BCUT2D eigenvalue weighted by molar-refractivity contribution is 5.79. The topological polar surface area (TPSA) is 95.9 Å². The van der Waals surface area contributed by atoms with Gasteiger partial charge < -0.3 is 20.3 Å². The number of halogens is 3. The molecule has 0 rings (SSSR count). The molecule has 0 saturated carbocycles. The summed E-state index contributed by atoms with van der Waals surface area (Å²) in [6.45, 7) is -2.33. The molecule has 0 aliphatic rings. The number of carboxylic acid groups (broad SMARTS) is 1. The molecule has 0 aromatic carbocycles. The van der Waals surface area contributed by atoms with Gasteiger partial charge in [0, 0.05) is 13.0 Å². The number of rotatable bonds is 5. The summed E-state index contributed by atoms with van der Waals surface area (Å²) in [6, 6.07) is -1.48. The molecule has 0 aliphatic heterocycles. The maximum atomic E-state index is 11.6. The number of aliphatic hydroxyl groups excluding tert-OH is 1. The minimum Gasteiger partial charge on any atom is -0.480 e. The highest BCUT2D eigenvalue weighted by atomic mass is 19.4. The van der Waals surface area contributed by atoms with Crippen molar-refractivity contribution in [3.63, 3.8) is 0 Å². The number of ether oxygens (including phenoxy) is 1. The van der Waals surface area contributed by atoms with Gasteiger partial charge in [-0.2, -0.15) is 13.2 Å². The Morgan fingerprint density at radius 2 is 1.94 bits per heavy atom. The average molecular weight is 245 g/mol. The van der Waals surface area contributed by atoms with Gasteiger partial charge in [-0.15, -0.1) is 0 Å². The maximum absolute atomic E-state index is 11.6. The fourth-order valence-corrected chi connectivity index (χ4v) is 0.718. The maximum Gasteiger partial charge on any atom is 0.422 e. The molecule has 6 nitrogen and oxygen atoms in total. The van der Waals surface area contributed by atoms with E-state index >= 15 is 0 Å². The van der Waals surface area contributed by atoms with Gasteiger partial charge in [-0.3, -0.25) is 0 Å². The Bertz CT molecular complexity index is 255. The first kappa shape index (κ1) is 14.5. The predicted octanol–water partition coefficient (Wildman–Crippen LogP) is 0.111. The summed E-state index contributed by atoms with van der Waals surface area (Å²) in [5, 5.41) is 18.6. The number of nitrogens with one attached hydrogen (secondary N) is 1. The lowest BCUT2D eigenvalue weighted by Crippen LogP contribution is -2.42. The molecular formula is C7H10F3NO5. The Morgan fingerprint density at radius 3 is 2.31 bits per heavy atom. The number of alkyl halides is 3. The van der Waals surface area contributed by atoms with Crippen LogP contribution in [0.25, 0.3) is 0 Å². The molecule has 0 aromatic rings.